The second-order valence-electron chi connectivity index (χ2n) is 4.01. The molecule has 0 unspecified atom stereocenters. The van der Waals surface area contributed by atoms with Gasteiger partial charge in [0.15, 0.2) is 0 Å². The maximum atomic E-state index is 13.1. The molecule has 0 atom stereocenters. The summed E-state index contributed by atoms with van der Waals surface area (Å²) in [6.45, 7) is 5.62. The molecule has 0 amide bonds. The first-order chi connectivity index (χ1) is 8.26. The highest BCUT2D eigenvalue weighted by atomic mass is 28.3. The van der Waals surface area contributed by atoms with Crippen LogP contribution in [0.1, 0.15) is 32.3 Å². The first kappa shape index (κ1) is 14.3. The Morgan fingerprint density at radius 3 is 2.29 bits per heavy atom. The fourth-order valence-electron chi connectivity index (χ4n) is 1.52. The third-order valence-corrected chi connectivity index (χ3v) is 4.33. The maximum Gasteiger partial charge on any atom is 0.325 e. The van der Waals surface area contributed by atoms with Crippen LogP contribution >= 0.6 is 0 Å². The molecule has 1 aromatic rings. The van der Waals surface area contributed by atoms with Gasteiger partial charge in [0.1, 0.15) is 5.82 Å². The van der Waals surface area contributed by atoms with Crippen LogP contribution in [-0.2, 0) is 14.9 Å². The normalized spacial score (nSPS) is 11.1. The summed E-state index contributed by atoms with van der Waals surface area (Å²) in [6, 6.07) is 7.41. The van der Waals surface area contributed by atoms with E-state index in [0.717, 1.165) is 37.7 Å². The van der Waals surface area contributed by atoms with E-state index in [1.54, 1.807) is 12.1 Å². The van der Waals surface area contributed by atoms with E-state index in [1.165, 1.54) is 6.07 Å². The molecule has 0 radical (unpaired) electrons. The van der Waals surface area contributed by atoms with Gasteiger partial charge in [0, 0.05) is 19.3 Å². The lowest BCUT2D eigenvalue weighted by molar-refractivity contribution is 0.196. The van der Waals surface area contributed by atoms with Crippen LogP contribution in [-0.4, -0.2) is 22.5 Å². The molecule has 0 spiro atoms. The van der Waals surface area contributed by atoms with Gasteiger partial charge in [-0.1, -0.05) is 26.0 Å². The van der Waals surface area contributed by atoms with Gasteiger partial charge in [0.2, 0.25) is 0 Å². The van der Waals surface area contributed by atoms with Crippen molar-refractivity contribution in [2.24, 2.45) is 0 Å². The van der Waals surface area contributed by atoms with E-state index in [9.17, 15) is 4.39 Å². The third kappa shape index (κ3) is 5.96. The highest BCUT2D eigenvalue weighted by molar-refractivity contribution is 6.43. The largest absolute Gasteiger partial charge is 0.396 e. The van der Waals surface area contributed by atoms with Crippen LogP contribution in [0.15, 0.2) is 24.3 Å². The molecule has 0 fully saturated rings. The third-order valence-electron chi connectivity index (χ3n) is 2.31. The fraction of sp³-hybridized carbons (Fsp3) is 0.538. The molecule has 96 valence electrons. The molecule has 0 aromatic heterocycles. The lowest BCUT2D eigenvalue weighted by Crippen LogP contribution is -2.27. The van der Waals surface area contributed by atoms with Gasteiger partial charge in [-0.25, -0.2) is 4.39 Å². The highest BCUT2D eigenvalue weighted by Crippen LogP contribution is 2.08. The highest BCUT2D eigenvalue weighted by Gasteiger charge is 2.14. The van der Waals surface area contributed by atoms with Crippen molar-refractivity contribution in [2.75, 3.05) is 13.2 Å². The van der Waals surface area contributed by atoms with E-state index in [4.69, 9.17) is 8.85 Å². The van der Waals surface area contributed by atoms with Crippen molar-refractivity contribution in [2.45, 2.75) is 32.7 Å². The minimum Gasteiger partial charge on any atom is -0.396 e. The molecule has 17 heavy (non-hydrogen) atoms. The van der Waals surface area contributed by atoms with Crippen LogP contribution in [0, 0.1) is 5.82 Å². The first-order valence-corrected chi connectivity index (χ1v) is 7.99. The Balaban J connectivity index is 2.51. The Bertz CT molecular complexity index is 312. The Kier molecular flexibility index (Phi) is 7.08. The summed E-state index contributed by atoms with van der Waals surface area (Å²) in [7, 11) is -1.68. The number of hydrogen-bond donors (Lipinski definition) is 0. The van der Waals surface area contributed by atoms with E-state index >= 15 is 0 Å². The van der Waals surface area contributed by atoms with Gasteiger partial charge < -0.3 is 8.85 Å². The van der Waals surface area contributed by atoms with E-state index in [2.05, 4.69) is 13.8 Å². The molecular weight excluding hydrogens is 235 g/mol. The van der Waals surface area contributed by atoms with Gasteiger partial charge in [0.05, 0.1) is 0 Å². The van der Waals surface area contributed by atoms with Gasteiger partial charge in [-0.05, 0) is 30.5 Å². The van der Waals surface area contributed by atoms with Crippen molar-refractivity contribution in [3.05, 3.63) is 35.6 Å². The Morgan fingerprint density at radius 2 is 1.76 bits per heavy atom. The summed E-state index contributed by atoms with van der Waals surface area (Å²) in [6.07, 6.45) is 1.98. The lowest BCUT2D eigenvalue weighted by atomic mass is 10.2. The van der Waals surface area contributed by atoms with Crippen LogP contribution in [0.2, 0.25) is 0 Å². The summed E-state index contributed by atoms with van der Waals surface area (Å²) in [5.74, 6) is -0.193. The number of halogens is 1. The van der Waals surface area contributed by atoms with Crippen LogP contribution in [0.25, 0.3) is 0 Å². The SMILES string of the molecule is CCCO[SiH](Cc1cccc(F)c1)OCCC. The average molecular weight is 256 g/mol. The van der Waals surface area contributed by atoms with Gasteiger partial charge in [-0.2, -0.15) is 0 Å². The van der Waals surface area contributed by atoms with E-state index in [-0.39, 0.29) is 5.82 Å². The Hall–Kier alpha value is -0.713. The molecular formula is C13H21FO2Si. The molecule has 0 aliphatic heterocycles. The quantitative estimate of drug-likeness (QED) is 0.666. The van der Waals surface area contributed by atoms with Crippen LogP contribution in [0.5, 0.6) is 0 Å². The summed E-state index contributed by atoms with van der Waals surface area (Å²) in [5.41, 5.74) is 0.967. The summed E-state index contributed by atoms with van der Waals surface area (Å²) in [5, 5.41) is 0. The second kappa shape index (κ2) is 8.39. The predicted molar refractivity (Wildman–Crippen MR) is 69.7 cm³/mol. The summed E-state index contributed by atoms with van der Waals surface area (Å²) >= 11 is 0. The molecule has 0 saturated heterocycles. The summed E-state index contributed by atoms with van der Waals surface area (Å²) < 4.78 is 24.5. The molecule has 1 aromatic carbocycles. The zero-order valence-electron chi connectivity index (χ0n) is 10.6. The minimum atomic E-state index is -1.68. The van der Waals surface area contributed by atoms with E-state index < -0.39 is 9.28 Å². The second-order valence-corrected chi connectivity index (χ2v) is 5.94. The zero-order chi connectivity index (χ0) is 12.5. The van der Waals surface area contributed by atoms with Crippen molar-refractivity contribution >= 4 is 9.28 Å². The lowest BCUT2D eigenvalue weighted by Gasteiger charge is -2.16. The van der Waals surface area contributed by atoms with E-state index in [1.807, 2.05) is 6.07 Å². The van der Waals surface area contributed by atoms with Crippen molar-refractivity contribution in [3.63, 3.8) is 0 Å². The molecule has 0 saturated carbocycles. The smallest absolute Gasteiger partial charge is 0.325 e. The van der Waals surface area contributed by atoms with Crippen LogP contribution in [0.3, 0.4) is 0 Å². The first-order valence-electron chi connectivity index (χ1n) is 6.24. The molecule has 0 bridgehead atoms. The zero-order valence-corrected chi connectivity index (χ0v) is 11.8. The van der Waals surface area contributed by atoms with Gasteiger partial charge in [-0.15, -0.1) is 0 Å². The number of rotatable bonds is 8. The topological polar surface area (TPSA) is 18.5 Å². The maximum absolute atomic E-state index is 13.1. The van der Waals surface area contributed by atoms with Crippen LogP contribution in [0.4, 0.5) is 4.39 Å². The molecule has 0 aliphatic carbocycles. The van der Waals surface area contributed by atoms with Gasteiger partial charge in [0.25, 0.3) is 0 Å². The van der Waals surface area contributed by atoms with Crippen molar-refractivity contribution in [3.8, 4) is 0 Å². The molecule has 1 rings (SSSR count). The molecule has 0 heterocycles. The number of hydrogen-bond acceptors (Lipinski definition) is 2. The Labute approximate surface area is 105 Å². The van der Waals surface area contributed by atoms with Crippen molar-refractivity contribution < 1.29 is 13.2 Å². The average Bonchev–Trinajstić information content (AvgIpc) is 2.32. The standard InChI is InChI=1S/C13H21FO2Si/c1-3-8-15-17(16-9-4-2)11-12-6-5-7-13(14)10-12/h5-7,10,17H,3-4,8-9,11H2,1-2H3. The molecule has 2 nitrogen and oxygen atoms in total. The van der Waals surface area contributed by atoms with Gasteiger partial charge in [-0.3, -0.25) is 0 Å². The van der Waals surface area contributed by atoms with Crippen molar-refractivity contribution in [1.29, 1.82) is 0 Å². The van der Waals surface area contributed by atoms with Crippen molar-refractivity contribution in [1.82, 2.24) is 0 Å². The Morgan fingerprint density at radius 1 is 1.12 bits per heavy atom. The van der Waals surface area contributed by atoms with Gasteiger partial charge >= 0.3 is 9.28 Å². The van der Waals surface area contributed by atoms with E-state index in [0.29, 0.717) is 0 Å². The van der Waals surface area contributed by atoms with Crippen LogP contribution < -0.4 is 0 Å². The molecule has 4 heteroatoms. The molecule has 0 N–H and O–H groups in total. The molecule has 0 aliphatic rings. The minimum absolute atomic E-state index is 0.193. The monoisotopic (exact) mass is 256 g/mol. The fourth-order valence-corrected chi connectivity index (χ4v) is 3.49. The predicted octanol–water partition coefficient (Wildman–Crippen LogP) is 2.98. The summed E-state index contributed by atoms with van der Waals surface area (Å²) in [4.78, 5) is 0. The number of benzene rings is 1.